The summed E-state index contributed by atoms with van der Waals surface area (Å²) < 4.78 is 0. The van der Waals surface area contributed by atoms with Gasteiger partial charge in [-0.25, -0.2) is 0 Å². The summed E-state index contributed by atoms with van der Waals surface area (Å²) in [5.41, 5.74) is 7.40. The van der Waals surface area contributed by atoms with Crippen LogP contribution >= 0.6 is 0 Å². The van der Waals surface area contributed by atoms with Gasteiger partial charge in [-0.15, -0.1) is 0 Å². The summed E-state index contributed by atoms with van der Waals surface area (Å²) in [4.78, 5) is 5.41. The molecular formula is C10H16N2O. The minimum absolute atomic E-state index is 0.679. The Balaban J connectivity index is 2.73. The van der Waals surface area contributed by atoms with Gasteiger partial charge in [0.05, 0.1) is 12.3 Å². The molecule has 0 heterocycles. The van der Waals surface area contributed by atoms with E-state index in [9.17, 15) is 0 Å². The second-order valence-corrected chi connectivity index (χ2v) is 2.70. The van der Waals surface area contributed by atoms with Gasteiger partial charge in [-0.2, -0.15) is 0 Å². The van der Waals surface area contributed by atoms with Crippen LogP contribution in [0.5, 0.6) is 0 Å². The molecular weight excluding hydrogens is 164 g/mol. The second-order valence-electron chi connectivity index (χ2n) is 2.70. The predicted octanol–water partition coefficient (Wildman–Crippen LogP) is 2.05. The molecule has 2 N–H and O–H groups in total. The van der Waals surface area contributed by atoms with Crippen LogP contribution in [0, 0.1) is 0 Å². The average Bonchev–Trinajstić information content (AvgIpc) is 2.16. The summed E-state index contributed by atoms with van der Waals surface area (Å²) in [6, 6.07) is 7.65. The lowest BCUT2D eigenvalue weighted by molar-refractivity contribution is 0.123. The first-order valence-electron chi connectivity index (χ1n) is 4.54. The van der Waals surface area contributed by atoms with Crippen LogP contribution in [0.2, 0.25) is 0 Å². The predicted molar refractivity (Wildman–Crippen MR) is 55.5 cm³/mol. The van der Waals surface area contributed by atoms with Crippen LogP contribution in [0.4, 0.5) is 11.4 Å². The van der Waals surface area contributed by atoms with Crippen LogP contribution in [0.1, 0.15) is 13.8 Å². The summed E-state index contributed by atoms with van der Waals surface area (Å²) in [5.74, 6) is 0. The number of hydrogen-bond donors (Lipinski definition) is 1. The van der Waals surface area contributed by atoms with E-state index in [2.05, 4.69) is 0 Å². The molecule has 1 rings (SSSR count). The van der Waals surface area contributed by atoms with Crippen molar-refractivity contribution < 1.29 is 4.84 Å². The molecule has 1 aromatic carbocycles. The Bertz CT molecular complexity index is 246. The van der Waals surface area contributed by atoms with Crippen molar-refractivity contribution in [1.82, 2.24) is 0 Å². The Kier molecular flexibility index (Phi) is 3.58. The number of hydroxylamine groups is 1. The van der Waals surface area contributed by atoms with E-state index in [1.165, 1.54) is 0 Å². The molecule has 0 atom stereocenters. The van der Waals surface area contributed by atoms with Crippen molar-refractivity contribution in [3.8, 4) is 0 Å². The molecule has 0 aliphatic heterocycles. The van der Waals surface area contributed by atoms with E-state index < -0.39 is 0 Å². The standard InChI is InChI=1S/C10H16N2O/c1-3-12(13-4-2)10-7-5-9(11)6-8-10/h5-8H,3-4,11H2,1-2H3. The SMILES string of the molecule is CCON(CC)c1ccc(N)cc1. The van der Waals surface area contributed by atoms with Crippen LogP contribution in [0.25, 0.3) is 0 Å². The highest BCUT2D eigenvalue weighted by Gasteiger charge is 2.02. The smallest absolute Gasteiger partial charge is 0.0720 e. The summed E-state index contributed by atoms with van der Waals surface area (Å²) in [5, 5.41) is 1.85. The maximum atomic E-state index is 5.58. The Morgan fingerprint density at radius 1 is 1.23 bits per heavy atom. The summed E-state index contributed by atoms with van der Waals surface area (Å²) in [6.45, 7) is 5.53. The fourth-order valence-electron chi connectivity index (χ4n) is 1.14. The van der Waals surface area contributed by atoms with Crippen molar-refractivity contribution >= 4 is 11.4 Å². The second kappa shape index (κ2) is 4.72. The largest absolute Gasteiger partial charge is 0.399 e. The molecule has 1 aromatic rings. The fraction of sp³-hybridized carbons (Fsp3) is 0.400. The van der Waals surface area contributed by atoms with Crippen LogP contribution in [-0.2, 0) is 4.84 Å². The molecule has 0 fully saturated rings. The van der Waals surface area contributed by atoms with Crippen molar-refractivity contribution in [2.24, 2.45) is 0 Å². The third kappa shape index (κ3) is 2.63. The maximum absolute atomic E-state index is 5.58. The van der Waals surface area contributed by atoms with Gasteiger partial charge in [-0.05, 0) is 38.1 Å². The quantitative estimate of drug-likeness (QED) is 0.569. The van der Waals surface area contributed by atoms with E-state index in [0.717, 1.165) is 17.9 Å². The van der Waals surface area contributed by atoms with Gasteiger partial charge < -0.3 is 5.73 Å². The van der Waals surface area contributed by atoms with Gasteiger partial charge in [0.15, 0.2) is 0 Å². The highest BCUT2D eigenvalue weighted by atomic mass is 16.7. The van der Waals surface area contributed by atoms with Crippen molar-refractivity contribution in [3.05, 3.63) is 24.3 Å². The van der Waals surface area contributed by atoms with Gasteiger partial charge in [-0.3, -0.25) is 9.90 Å². The van der Waals surface area contributed by atoms with Gasteiger partial charge in [0.1, 0.15) is 0 Å². The van der Waals surface area contributed by atoms with Crippen LogP contribution in [0.15, 0.2) is 24.3 Å². The Hall–Kier alpha value is -1.22. The van der Waals surface area contributed by atoms with Crippen LogP contribution < -0.4 is 10.8 Å². The van der Waals surface area contributed by atoms with Crippen LogP contribution in [-0.4, -0.2) is 13.2 Å². The van der Waals surface area contributed by atoms with E-state index >= 15 is 0 Å². The van der Waals surface area contributed by atoms with E-state index in [0.29, 0.717) is 6.61 Å². The lowest BCUT2D eigenvalue weighted by Gasteiger charge is -2.21. The van der Waals surface area contributed by atoms with E-state index in [1.54, 1.807) is 0 Å². The lowest BCUT2D eigenvalue weighted by atomic mass is 10.3. The van der Waals surface area contributed by atoms with Crippen molar-refractivity contribution in [1.29, 1.82) is 0 Å². The Labute approximate surface area is 79.1 Å². The molecule has 72 valence electrons. The number of benzene rings is 1. The van der Waals surface area contributed by atoms with Gasteiger partial charge >= 0.3 is 0 Å². The number of nitrogens with two attached hydrogens (primary N) is 1. The molecule has 0 unspecified atom stereocenters. The van der Waals surface area contributed by atoms with Crippen molar-refractivity contribution in [2.45, 2.75) is 13.8 Å². The van der Waals surface area contributed by atoms with Crippen LogP contribution in [0.3, 0.4) is 0 Å². The Morgan fingerprint density at radius 2 is 1.85 bits per heavy atom. The zero-order valence-corrected chi connectivity index (χ0v) is 8.16. The fourth-order valence-corrected chi connectivity index (χ4v) is 1.14. The molecule has 0 bridgehead atoms. The molecule has 0 radical (unpaired) electrons. The number of nitrogen functional groups attached to an aromatic ring is 1. The molecule has 0 aliphatic rings. The molecule has 3 nitrogen and oxygen atoms in total. The minimum atomic E-state index is 0.679. The van der Waals surface area contributed by atoms with Gasteiger partial charge in [0.25, 0.3) is 0 Å². The topological polar surface area (TPSA) is 38.5 Å². The Morgan fingerprint density at radius 3 is 2.31 bits per heavy atom. The first-order valence-corrected chi connectivity index (χ1v) is 4.54. The molecule has 13 heavy (non-hydrogen) atoms. The highest BCUT2D eigenvalue weighted by Crippen LogP contribution is 2.15. The monoisotopic (exact) mass is 180 g/mol. The van der Waals surface area contributed by atoms with E-state index in [4.69, 9.17) is 10.6 Å². The summed E-state index contributed by atoms with van der Waals surface area (Å²) in [6.07, 6.45) is 0. The molecule has 0 spiro atoms. The van der Waals surface area contributed by atoms with Crippen molar-refractivity contribution in [3.63, 3.8) is 0 Å². The minimum Gasteiger partial charge on any atom is -0.399 e. The zero-order chi connectivity index (χ0) is 9.68. The molecule has 0 amide bonds. The average molecular weight is 180 g/mol. The van der Waals surface area contributed by atoms with E-state index in [1.807, 2.05) is 43.2 Å². The van der Waals surface area contributed by atoms with Gasteiger partial charge in [0.2, 0.25) is 0 Å². The summed E-state index contributed by atoms with van der Waals surface area (Å²) >= 11 is 0. The molecule has 3 heteroatoms. The lowest BCUT2D eigenvalue weighted by Crippen LogP contribution is -2.22. The number of nitrogens with zero attached hydrogens (tertiary/aromatic N) is 1. The van der Waals surface area contributed by atoms with Gasteiger partial charge in [-0.1, -0.05) is 0 Å². The third-order valence-electron chi connectivity index (χ3n) is 1.75. The third-order valence-corrected chi connectivity index (χ3v) is 1.75. The number of hydrogen-bond acceptors (Lipinski definition) is 3. The first-order chi connectivity index (χ1) is 6.27. The molecule has 0 saturated carbocycles. The highest BCUT2D eigenvalue weighted by molar-refractivity contribution is 5.51. The summed E-state index contributed by atoms with van der Waals surface area (Å²) in [7, 11) is 0. The first kappa shape index (κ1) is 9.86. The molecule has 0 aromatic heterocycles. The normalized spacial score (nSPS) is 10.0. The van der Waals surface area contributed by atoms with Gasteiger partial charge in [0, 0.05) is 12.2 Å². The molecule has 0 saturated heterocycles. The number of rotatable bonds is 4. The number of anilines is 2. The maximum Gasteiger partial charge on any atom is 0.0720 e. The zero-order valence-electron chi connectivity index (χ0n) is 8.16. The van der Waals surface area contributed by atoms with E-state index in [-0.39, 0.29) is 0 Å². The van der Waals surface area contributed by atoms with Crippen molar-refractivity contribution in [2.75, 3.05) is 23.9 Å². The molecule has 0 aliphatic carbocycles.